The number of aryl methyl sites for hydroxylation is 1. The van der Waals surface area contributed by atoms with Crippen LogP contribution in [0.2, 0.25) is 0 Å². The molecule has 10 heteroatoms. The van der Waals surface area contributed by atoms with Crippen molar-refractivity contribution in [3.05, 3.63) is 71.0 Å². The van der Waals surface area contributed by atoms with Crippen molar-refractivity contribution in [2.24, 2.45) is 7.05 Å². The first kappa shape index (κ1) is 23.4. The number of ether oxygens (including phenoxy) is 3. The number of nitrogens with zero attached hydrogens (tertiary/aromatic N) is 1. The molecule has 1 aliphatic rings. The zero-order valence-electron chi connectivity index (χ0n) is 19.0. The summed E-state index contributed by atoms with van der Waals surface area (Å²) in [6.07, 6.45) is 0. The van der Waals surface area contributed by atoms with Crippen LogP contribution in [0.5, 0.6) is 11.5 Å². The van der Waals surface area contributed by atoms with E-state index in [1.807, 2.05) is 25.5 Å². The molecule has 0 amide bonds. The molecule has 0 bridgehead atoms. The normalized spacial score (nSPS) is 12.8. The Labute approximate surface area is 197 Å². The molecule has 0 spiro atoms. The van der Waals surface area contributed by atoms with Gasteiger partial charge >= 0.3 is 5.97 Å². The number of fused-ring (bicyclic) bond motifs is 1. The predicted octanol–water partition coefficient (Wildman–Crippen LogP) is 3.25. The number of rotatable bonds is 7. The van der Waals surface area contributed by atoms with E-state index < -0.39 is 16.0 Å². The SMILES string of the molecule is Cc1cc(C(=O)COC(=O)c2ccc(NS(=O)(=O)c3ccc4c(c3)OCCO4)cc2)c(C)n1C. The monoisotopic (exact) mass is 484 g/mol. The summed E-state index contributed by atoms with van der Waals surface area (Å²) in [5, 5.41) is 0. The Morgan fingerprint density at radius 3 is 2.32 bits per heavy atom. The molecule has 0 saturated carbocycles. The van der Waals surface area contributed by atoms with Gasteiger partial charge in [-0.15, -0.1) is 0 Å². The molecule has 0 atom stereocenters. The van der Waals surface area contributed by atoms with Crippen molar-refractivity contribution in [1.82, 2.24) is 4.57 Å². The fourth-order valence-electron chi connectivity index (χ4n) is 3.51. The number of nitrogens with one attached hydrogen (secondary N) is 1. The lowest BCUT2D eigenvalue weighted by molar-refractivity contribution is 0.0474. The second kappa shape index (κ2) is 9.22. The van der Waals surface area contributed by atoms with Gasteiger partial charge in [0, 0.05) is 35.8 Å². The molecule has 2 heterocycles. The second-order valence-corrected chi connectivity index (χ2v) is 9.51. The number of benzene rings is 2. The van der Waals surface area contributed by atoms with Crippen LogP contribution in [0.25, 0.3) is 0 Å². The van der Waals surface area contributed by atoms with E-state index in [0.717, 1.165) is 11.4 Å². The Kier molecular flexibility index (Phi) is 6.34. The van der Waals surface area contributed by atoms with Crippen LogP contribution in [-0.2, 0) is 21.8 Å². The summed E-state index contributed by atoms with van der Waals surface area (Å²) < 4.78 is 45.8. The van der Waals surface area contributed by atoms with Gasteiger partial charge in [0.1, 0.15) is 13.2 Å². The first-order valence-corrected chi connectivity index (χ1v) is 12.0. The summed E-state index contributed by atoms with van der Waals surface area (Å²) in [7, 11) is -2.03. The third kappa shape index (κ3) is 4.76. The Morgan fingerprint density at radius 1 is 1.00 bits per heavy atom. The number of carbonyl (C=O) groups is 2. The highest BCUT2D eigenvalue weighted by atomic mass is 32.2. The zero-order valence-corrected chi connectivity index (χ0v) is 19.8. The summed E-state index contributed by atoms with van der Waals surface area (Å²) in [4.78, 5) is 24.8. The molecule has 0 radical (unpaired) electrons. The Hall–Kier alpha value is -3.79. The number of esters is 1. The van der Waals surface area contributed by atoms with Crippen molar-refractivity contribution in [2.75, 3.05) is 24.5 Å². The lowest BCUT2D eigenvalue weighted by Gasteiger charge is -2.19. The molecule has 34 heavy (non-hydrogen) atoms. The maximum atomic E-state index is 12.7. The Bertz CT molecular complexity index is 1360. The van der Waals surface area contributed by atoms with Crippen LogP contribution in [0.15, 0.2) is 53.4 Å². The average molecular weight is 485 g/mol. The fraction of sp³-hybridized carbons (Fsp3) is 0.250. The van der Waals surface area contributed by atoms with Gasteiger partial charge in [0.25, 0.3) is 10.0 Å². The van der Waals surface area contributed by atoms with Gasteiger partial charge in [-0.2, -0.15) is 0 Å². The van der Waals surface area contributed by atoms with E-state index in [1.54, 1.807) is 12.1 Å². The lowest BCUT2D eigenvalue weighted by Crippen LogP contribution is -2.17. The van der Waals surface area contributed by atoms with Gasteiger partial charge in [0.15, 0.2) is 18.1 Å². The number of Topliss-reactive ketones (excluding diaryl/α,β-unsaturated/α-hetero) is 1. The Balaban J connectivity index is 1.39. The highest BCUT2D eigenvalue weighted by Crippen LogP contribution is 2.32. The summed E-state index contributed by atoms with van der Waals surface area (Å²) in [6.45, 7) is 4.08. The van der Waals surface area contributed by atoms with E-state index in [1.165, 1.54) is 36.4 Å². The van der Waals surface area contributed by atoms with Crippen LogP contribution in [0.1, 0.15) is 32.1 Å². The minimum absolute atomic E-state index is 0.0187. The van der Waals surface area contributed by atoms with Gasteiger partial charge in [-0.05, 0) is 56.3 Å². The highest BCUT2D eigenvalue weighted by molar-refractivity contribution is 7.92. The average Bonchev–Trinajstić information content (AvgIpc) is 3.09. The largest absolute Gasteiger partial charge is 0.486 e. The number of hydrogen-bond acceptors (Lipinski definition) is 7. The third-order valence-corrected chi connectivity index (χ3v) is 6.99. The predicted molar refractivity (Wildman–Crippen MR) is 124 cm³/mol. The molecule has 9 nitrogen and oxygen atoms in total. The number of anilines is 1. The van der Waals surface area contributed by atoms with Crippen molar-refractivity contribution in [1.29, 1.82) is 0 Å². The van der Waals surface area contributed by atoms with Crippen molar-refractivity contribution < 1.29 is 32.2 Å². The number of ketones is 1. The molecular weight excluding hydrogens is 460 g/mol. The van der Waals surface area contributed by atoms with Gasteiger partial charge in [-0.1, -0.05) is 0 Å². The van der Waals surface area contributed by atoms with E-state index >= 15 is 0 Å². The molecule has 0 aliphatic carbocycles. The first-order chi connectivity index (χ1) is 16.2. The van der Waals surface area contributed by atoms with Crippen LogP contribution >= 0.6 is 0 Å². The second-order valence-electron chi connectivity index (χ2n) is 7.83. The highest BCUT2D eigenvalue weighted by Gasteiger charge is 2.20. The minimum atomic E-state index is -3.89. The maximum absolute atomic E-state index is 12.7. The molecule has 0 saturated heterocycles. The summed E-state index contributed by atoms with van der Waals surface area (Å²) >= 11 is 0. The van der Waals surface area contributed by atoms with Crippen molar-refractivity contribution >= 4 is 27.5 Å². The fourth-order valence-corrected chi connectivity index (χ4v) is 4.58. The van der Waals surface area contributed by atoms with Crippen LogP contribution in [0.3, 0.4) is 0 Å². The van der Waals surface area contributed by atoms with Crippen molar-refractivity contribution in [3.63, 3.8) is 0 Å². The number of carbonyl (C=O) groups excluding carboxylic acids is 2. The standard InChI is InChI=1S/C24H24N2O7S/c1-15-12-20(16(2)26(15)3)21(27)14-33-24(28)17-4-6-18(7-5-17)25-34(29,30)19-8-9-22-23(13-19)32-11-10-31-22/h4-9,12-13,25H,10-11,14H2,1-3H3. The minimum Gasteiger partial charge on any atom is -0.486 e. The summed E-state index contributed by atoms with van der Waals surface area (Å²) in [5.41, 5.74) is 2.69. The summed E-state index contributed by atoms with van der Waals surface area (Å²) in [5.74, 6) is -0.120. The van der Waals surface area contributed by atoms with Crippen LogP contribution in [-0.4, -0.2) is 44.6 Å². The van der Waals surface area contributed by atoms with Gasteiger partial charge in [0.05, 0.1) is 10.5 Å². The van der Waals surface area contributed by atoms with E-state index in [-0.39, 0.29) is 28.5 Å². The number of aromatic nitrogens is 1. The molecule has 1 aliphatic heterocycles. The zero-order chi connectivity index (χ0) is 24.5. The van der Waals surface area contributed by atoms with Crippen LogP contribution in [0, 0.1) is 13.8 Å². The topological polar surface area (TPSA) is 113 Å². The number of hydrogen-bond donors (Lipinski definition) is 1. The lowest BCUT2D eigenvalue weighted by atomic mass is 10.1. The van der Waals surface area contributed by atoms with Gasteiger partial charge < -0.3 is 18.8 Å². The van der Waals surface area contributed by atoms with Crippen LogP contribution in [0.4, 0.5) is 5.69 Å². The van der Waals surface area contributed by atoms with E-state index in [9.17, 15) is 18.0 Å². The molecule has 4 rings (SSSR count). The maximum Gasteiger partial charge on any atom is 0.338 e. The van der Waals surface area contributed by atoms with E-state index in [0.29, 0.717) is 30.3 Å². The smallest absolute Gasteiger partial charge is 0.338 e. The van der Waals surface area contributed by atoms with Crippen LogP contribution < -0.4 is 14.2 Å². The molecule has 178 valence electrons. The van der Waals surface area contributed by atoms with Gasteiger partial charge in [0.2, 0.25) is 5.78 Å². The quantitative estimate of drug-likeness (QED) is 0.405. The van der Waals surface area contributed by atoms with Gasteiger partial charge in [-0.3, -0.25) is 9.52 Å². The number of sulfonamides is 1. The van der Waals surface area contributed by atoms with E-state index in [4.69, 9.17) is 14.2 Å². The molecule has 1 aromatic heterocycles. The molecule has 3 aromatic rings. The molecule has 1 N–H and O–H groups in total. The molecule has 0 fully saturated rings. The van der Waals surface area contributed by atoms with Crippen molar-refractivity contribution in [2.45, 2.75) is 18.7 Å². The van der Waals surface area contributed by atoms with E-state index in [2.05, 4.69) is 4.72 Å². The third-order valence-electron chi connectivity index (χ3n) is 5.61. The van der Waals surface area contributed by atoms with Gasteiger partial charge in [-0.25, -0.2) is 13.2 Å². The molecule has 2 aromatic carbocycles. The summed E-state index contributed by atoms with van der Waals surface area (Å²) in [6, 6.07) is 11.9. The Morgan fingerprint density at radius 2 is 1.68 bits per heavy atom. The van der Waals surface area contributed by atoms with Crippen molar-refractivity contribution in [3.8, 4) is 11.5 Å². The molecular formula is C24H24N2O7S. The first-order valence-electron chi connectivity index (χ1n) is 10.5. The molecule has 0 unspecified atom stereocenters.